The van der Waals surface area contributed by atoms with Crippen molar-refractivity contribution in [2.24, 2.45) is 5.73 Å². The molecule has 0 amide bonds. The predicted octanol–water partition coefficient (Wildman–Crippen LogP) is 4.28. The predicted molar refractivity (Wildman–Crippen MR) is 97.5 cm³/mol. The van der Waals surface area contributed by atoms with Gasteiger partial charge in [0.05, 0.1) is 18.7 Å². The maximum absolute atomic E-state index is 7.04. The van der Waals surface area contributed by atoms with Gasteiger partial charge in [0, 0.05) is 12.6 Å². The summed E-state index contributed by atoms with van der Waals surface area (Å²) in [7, 11) is 0. The molecular formula is C21H17N3O. The largest absolute Gasteiger partial charge is 0.491 e. The van der Waals surface area contributed by atoms with Gasteiger partial charge in [-0.2, -0.15) is 0 Å². The van der Waals surface area contributed by atoms with E-state index >= 15 is 0 Å². The van der Waals surface area contributed by atoms with Crippen LogP contribution in [0.3, 0.4) is 0 Å². The van der Waals surface area contributed by atoms with Crippen LogP contribution in [0.15, 0.2) is 66.9 Å². The van der Waals surface area contributed by atoms with Gasteiger partial charge in [0.25, 0.3) is 0 Å². The zero-order chi connectivity index (χ0) is 17.3. The molecule has 2 heterocycles. The van der Waals surface area contributed by atoms with Crippen LogP contribution in [0.1, 0.15) is 17.7 Å². The Morgan fingerprint density at radius 3 is 2.36 bits per heavy atom. The highest BCUT2D eigenvalue weighted by atomic mass is 16.5. The fourth-order valence-electron chi connectivity index (χ4n) is 3.25. The number of aromatic nitrogens is 1. The number of rotatable bonds is 2. The third kappa shape index (κ3) is 2.65. The summed E-state index contributed by atoms with van der Waals surface area (Å²) >= 11 is 0. The average molecular weight is 327 g/mol. The molecule has 4 rings (SSSR count). The SMILES string of the molecule is [C-]#[N+]c1ccc(-c2ccc([C@@]3(N)CCOc4cccnc43)cc2)cc1. The van der Waals surface area contributed by atoms with Crippen LogP contribution in [0.25, 0.3) is 16.0 Å². The summed E-state index contributed by atoms with van der Waals surface area (Å²) in [5.74, 6) is 0.759. The lowest BCUT2D eigenvalue weighted by Gasteiger charge is -2.34. The molecule has 1 atom stereocenters. The molecule has 0 unspecified atom stereocenters. The third-order valence-electron chi connectivity index (χ3n) is 4.68. The second kappa shape index (κ2) is 6.04. The lowest BCUT2D eigenvalue weighted by molar-refractivity contribution is 0.232. The van der Waals surface area contributed by atoms with E-state index in [0.29, 0.717) is 18.7 Å². The van der Waals surface area contributed by atoms with Crippen molar-refractivity contribution in [3.8, 4) is 16.9 Å². The van der Waals surface area contributed by atoms with E-state index in [1.807, 2.05) is 36.4 Å². The molecule has 0 saturated carbocycles. The number of nitrogens with two attached hydrogens (primary N) is 1. The van der Waals surface area contributed by atoms with E-state index in [9.17, 15) is 0 Å². The third-order valence-corrected chi connectivity index (χ3v) is 4.68. The first-order valence-electron chi connectivity index (χ1n) is 8.16. The van der Waals surface area contributed by atoms with Crippen LogP contribution in [0.4, 0.5) is 5.69 Å². The van der Waals surface area contributed by atoms with E-state index in [2.05, 4.69) is 34.1 Å². The van der Waals surface area contributed by atoms with Gasteiger partial charge in [-0.25, -0.2) is 4.85 Å². The Kier molecular flexibility index (Phi) is 3.72. The van der Waals surface area contributed by atoms with E-state index in [1.54, 1.807) is 6.20 Å². The van der Waals surface area contributed by atoms with Crippen LogP contribution in [0, 0.1) is 6.57 Å². The first-order valence-corrected chi connectivity index (χ1v) is 8.16. The molecule has 4 heteroatoms. The summed E-state index contributed by atoms with van der Waals surface area (Å²) in [5.41, 5.74) is 10.7. The molecule has 1 aromatic heterocycles. The zero-order valence-electron chi connectivity index (χ0n) is 13.6. The van der Waals surface area contributed by atoms with Crippen LogP contribution < -0.4 is 10.5 Å². The molecule has 4 nitrogen and oxygen atoms in total. The van der Waals surface area contributed by atoms with Crippen LogP contribution in [-0.2, 0) is 5.54 Å². The van der Waals surface area contributed by atoms with Crippen molar-refractivity contribution in [3.05, 3.63) is 89.5 Å². The molecule has 0 radical (unpaired) electrons. The standard InChI is InChI=1S/C21H17N3O/c1-23-18-10-6-16(7-11-18)15-4-8-17(9-5-15)21(22)12-14-25-19-3-2-13-24-20(19)21/h2-11,13H,12,14,22H2/t21-/m0/s1. The van der Waals surface area contributed by atoms with Gasteiger partial charge in [-0.3, -0.25) is 4.98 Å². The molecule has 0 bridgehead atoms. The van der Waals surface area contributed by atoms with Crippen LogP contribution in [0.5, 0.6) is 5.75 Å². The highest BCUT2D eigenvalue weighted by Crippen LogP contribution is 2.38. The van der Waals surface area contributed by atoms with Gasteiger partial charge in [-0.15, -0.1) is 0 Å². The molecule has 2 aromatic carbocycles. The maximum Gasteiger partial charge on any atom is 0.187 e. The van der Waals surface area contributed by atoms with E-state index in [4.69, 9.17) is 17.0 Å². The van der Waals surface area contributed by atoms with Crippen molar-refractivity contribution in [1.82, 2.24) is 4.98 Å². The summed E-state index contributed by atoms with van der Waals surface area (Å²) in [6.07, 6.45) is 2.44. The van der Waals surface area contributed by atoms with Crippen LogP contribution in [0.2, 0.25) is 0 Å². The van der Waals surface area contributed by atoms with Gasteiger partial charge >= 0.3 is 0 Å². The fourth-order valence-corrected chi connectivity index (χ4v) is 3.25. The van der Waals surface area contributed by atoms with Crippen LogP contribution >= 0.6 is 0 Å². The first-order chi connectivity index (χ1) is 12.2. The van der Waals surface area contributed by atoms with Crippen molar-refractivity contribution in [2.45, 2.75) is 12.0 Å². The molecule has 2 N–H and O–H groups in total. The monoisotopic (exact) mass is 327 g/mol. The molecule has 0 spiro atoms. The minimum Gasteiger partial charge on any atom is -0.491 e. The van der Waals surface area contributed by atoms with Gasteiger partial charge in [0.1, 0.15) is 11.4 Å². The topological polar surface area (TPSA) is 52.5 Å². The Bertz CT molecular complexity index is 942. The maximum atomic E-state index is 7.04. The van der Waals surface area contributed by atoms with Crippen molar-refractivity contribution in [2.75, 3.05) is 6.61 Å². The molecule has 0 aliphatic carbocycles. The number of nitrogens with zero attached hydrogens (tertiary/aromatic N) is 2. The Hall–Kier alpha value is -3.16. The summed E-state index contributed by atoms with van der Waals surface area (Å²) in [4.78, 5) is 7.90. The normalized spacial score (nSPS) is 18.7. The molecule has 3 aromatic rings. The summed E-state index contributed by atoms with van der Waals surface area (Å²) < 4.78 is 5.69. The second-order valence-corrected chi connectivity index (χ2v) is 6.16. The van der Waals surface area contributed by atoms with Crippen molar-refractivity contribution in [3.63, 3.8) is 0 Å². The highest BCUT2D eigenvalue weighted by Gasteiger charge is 2.37. The zero-order valence-corrected chi connectivity index (χ0v) is 13.6. The summed E-state index contributed by atoms with van der Waals surface area (Å²) in [5, 5.41) is 0. The smallest absolute Gasteiger partial charge is 0.187 e. The van der Waals surface area contributed by atoms with E-state index in [1.165, 1.54) is 0 Å². The molecule has 0 fully saturated rings. The molecule has 25 heavy (non-hydrogen) atoms. The van der Waals surface area contributed by atoms with Gasteiger partial charge in [-0.1, -0.05) is 48.5 Å². The quantitative estimate of drug-likeness (QED) is 0.715. The number of benzene rings is 2. The lowest BCUT2D eigenvalue weighted by Crippen LogP contribution is -2.43. The van der Waals surface area contributed by atoms with Crippen molar-refractivity contribution >= 4 is 5.69 Å². The minimum atomic E-state index is -0.638. The van der Waals surface area contributed by atoms with E-state index < -0.39 is 5.54 Å². The molecule has 1 aliphatic rings. The van der Waals surface area contributed by atoms with Gasteiger partial charge in [-0.05, 0) is 28.8 Å². The fraction of sp³-hybridized carbons (Fsp3) is 0.143. The second-order valence-electron chi connectivity index (χ2n) is 6.16. The first kappa shape index (κ1) is 15.4. The van der Waals surface area contributed by atoms with Crippen molar-refractivity contribution in [1.29, 1.82) is 0 Å². The number of hydrogen-bond donors (Lipinski definition) is 1. The average Bonchev–Trinajstić information content (AvgIpc) is 2.69. The number of fused-ring (bicyclic) bond motifs is 1. The minimum absolute atomic E-state index is 0.578. The van der Waals surface area contributed by atoms with Gasteiger partial charge in [0.2, 0.25) is 0 Å². The van der Waals surface area contributed by atoms with Crippen LogP contribution in [-0.4, -0.2) is 11.6 Å². The lowest BCUT2D eigenvalue weighted by atomic mass is 9.82. The van der Waals surface area contributed by atoms with E-state index in [0.717, 1.165) is 28.1 Å². The summed E-state index contributed by atoms with van der Waals surface area (Å²) in [6, 6.07) is 19.6. The number of ether oxygens (including phenoxy) is 1. The number of pyridine rings is 1. The van der Waals surface area contributed by atoms with Gasteiger partial charge in [0.15, 0.2) is 5.69 Å². The summed E-state index contributed by atoms with van der Waals surface area (Å²) in [6.45, 7) is 7.61. The number of hydrogen-bond acceptors (Lipinski definition) is 3. The Morgan fingerprint density at radius 1 is 1.00 bits per heavy atom. The Morgan fingerprint density at radius 2 is 1.68 bits per heavy atom. The molecule has 122 valence electrons. The van der Waals surface area contributed by atoms with Crippen molar-refractivity contribution < 1.29 is 4.74 Å². The van der Waals surface area contributed by atoms with Gasteiger partial charge < -0.3 is 10.5 Å². The molecule has 0 saturated heterocycles. The molecular weight excluding hydrogens is 310 g/mol. The highest BCUT2D eigenvalue weighted by molar-refractivity contribution is 5.67. The Balaban J connectivity index is 1.70. The molecule has 1 aliphatic heterocycles. The Labute approximate surface area is 146 Å². The van der Waals surface area contributed by atoms with E-state index in [-0.39, 0.29) is 0 Å².